The first-order valence-electron chi connectivity index (χ1n) is 10.1. The van der Waals surface area contributed by atoms with Crippen molar-refractivity contribution in [2.75, 3.05) is 0 Å². The standard InChI is InChI=1S/C27H19BrN2O/c28-22-14-15-24-23(16-22)26-21(12-7-13-25(26)31-24)18-30-27(20-10-5-2-6-11-20)29-17-19-8-3-1-4-9-19/h1-17H,18H2. The summed E-state index contributed by atoms with van der Waals surface area (Å²) in [7, 11) is 0. The summed E-state index contributed by atoms with van der Waals surface area (Å²) in [4.78, 5) is 9.62. The monoisotopic (exact) mass is 466 g/mol. The minimum Gasteiger partial charge on any atom is -0.456 e. The van der Waals surface area contributed by atoms with Crippen molar-refractivity contribution >= 4 is 49.9 Å². The molecule has 1 aromatic heterocycles. The molecule has 0 spiro atoms. The third-order valence-electron chi connectivity index (χ3n) is 5.11. The average molecular weight is 467 g/mol. The van der Waals surface area contributed by atoms with E-state index in [1.807, 2.05) is 91.1 Å². The summed E-state index contributed by atoms with van der Waals surface area (Å²) in [6.45, 7) is 0.509. The molecule has 5 rings (SSSR count). The molecule has 4 heteroatoms. The predicted molar refractivity (Wildman–Crippen MR) is 132 cm³/mol. The van der Waals surface area contributed by atoms with E-state index in [4.69, 9.17) is 14.4 Å². The summed E-state index contributed by atoms with van der Waals surface area (Å²) in [5.41, 5.74) is 4.88. The summed E-state index contributed by atoms with van der Waals surface area (Å²) in [6, 6.07) is 32.3. The Labute approximate surface area is 188 Å². The fraction of sp³-hybridized carbons (Fsp3) is 0.0370. The van der Waals surface area contributed by atoms with Crippen LogP contribution in [0.15, 0.2) is 116 Å². The lowest BCUT2D eigenvalue weighted by atomic mass is 10.1. The van der Waals surface area contributed by atoms with Gasteiger partial charge in [0.2, 0.25) is 0 Å². The topological polar surface area (TPSA) is 37.9 Å². The second kappa shape index (κ2) is 8.70. The van der Waals surface area contributed by atoms with Crippen LogP contribution in [0, 0.1) is 0 Å². The zero-order valence-electron chi connectivity index (χ0n) is 16.7. The SMILES string of the molecule is Brc1ccc2oc3cccc(CN=C(N=Cc4ccccc4)c4ccccc4)c3c2c1. The van der Waals surface area contributed by atoms with Crippen molar-refractivity contribution in [1.82, 2.24) is 0 Å². The van der Waals surface area contributed by atoms with Crippen LogP contribution in [0.5, 0.6) is 0 Å². The molecule has 150 valence electrons. The number of hydrogen-bond donors (Lipinski definition) is 0. The molecule has 0 aliphatic rings. The van der Waals surface area contributed by atoms with Crippen LogP contribution in [-0.2, 0) is 6.54 Å². The van der Waals surface area contributed by atoms with Gasteiger partial charge in [-0.1, -0.05) is 88.7 Å². The average Bonchev–Trinajstić information content (AvgIpc) is 3.19. The van der Waals surface area contributed by atoms with Crippen molar-refractivity contribution in [3.8, 4) is 0 Å². The second-order valence-corrected chi connectivity index (χ2v) is 8.12. The maximum absolute atomic E-state index is 6.05. The molecule has 0 unspecified atom stereocenters. The van der Waals surface area contributed by atoms with Gasteiger partial charge in [0, 0.05) is 27.0 Å². The van der Waals surface area contributed by atoms with Gasteiger partial charge in [0.05, 0.1) is 6.54 Å². The van der Waals surface area contributed by atoms with Crippen molar-refractivity contribution in [2.45, 2.75) is 6.54 Å². The molecule has 0 radical (unpaired) electrons. The van der Waals surface area contributed by atoms with E-state index in [0.717, 1.165) is 43.1 Å². The minimum absolute atomic E-state index is 0.509. The highest BCUT2D eigenvalue weighted by molar-refractivity contribution is 9.10. The molecule has 0 bridgehead atoms. The minimum atomic E-state index is 0.509. The number of fused-ring (bicyclic) bond motifs is 3. The predicted octanol–water partition coefficient (Wildman–Crippen LogP) is 7.41. The molecule has 31 heavy (non-hydrogen) atoms. The molecule has 0 aliphatic heterocycles. The highest BCUT2D eigenvalue weighted by Crippen LogP contribution is 2.33. The van der Waals surface area contributed by atoms with Gasteiger partial charge in [-0.15, -0.1) is 0 Å². The van der Waals surface area contributed by atoms with Crippen LogP contribution >= 0.6 is 15.9 Å². The van der Waals surface area contributed by atoms with Gasteiger partial charge >= 0.3 is 0 Å². The fourth-order valence-corrected chi connectivity index (χ4v) is 3.99. The Morgan fingerprint density at radius 1 is 0.806 bits per heavy atom. The Bertz CT molecular complexity index is 1400. The third-order valence-corrected chi connectivity index (χ3v) is 5.60. The van der Waals surface area contributed by atoms with Gasteiger partial charge in [0.15, 0.2) is 5.84 Å². The Kier molecular flexibility index (Phi) is 5.46. The van der Waals surface area contributed by atoms with Gasteiger partial charge in [-0.2, -0.15) is 0 Å². The van der Waals surface area contributed by atoms with Crippen LogP contribution in [0.2, 0.25) is 0 Å². The number of amidine groups is 1. The first kappa shape index (κ1) is 19.5. The summed E-state index contributed by atoms with van der Waals surface area (Å²) < 4.78 is 7.07. The molecule has 5 aromatic rings. The van der Waals surface area contributed by atoms with Crippen LogP contribution in [0.3, 0.4) is 0 Å². The summed E-state index contributed by atoms with van der Waals surface area (Å²) in [6.07, 6.45) is 1.86. The Balaban J connectivity index is 1.57. The number of rotatable bonds is 4. The van der Waals surface area contributed by atoms with Crippen LogP contribution < -0.4 is 0 Å². The Morgan fingerprint density at radius 3 is 2.39 bits per heavy atom. The van der Waals surface area contributed by atoms with Crippen LogP contribution in [0.25, 0.3) is 21.9 Å². The largest absolute Gasteiger partial charge is 0.456 e. The fourth-order valence-electron chi connectivity index (χ4n) is 3.63. The summed E-state index contributed by atoms with van der Waals surface area (Å²) in [5, 5.41) is 2.19. The zero-order valence-corrected chi connectivity index (χ0v) is 18.3. The van der Waals surface area contributed by atoms with Crippen molar-refractivity contribution in [1.29, 1.82) is 0 Å². The molecule has 0 N–H and O–H groups in total. The molecular weight excluding hydrogens is 448 g/mol. The van der Waals surface area contributed by atoms with E-state index in [9.17, 15) is 0 Å². The molecule has 0 fully saturated rings. The molecule has 0 atom stereocenters. The third kappa shape index (κ3) is 4.21. The van der Waals surface area contributed by atoms with E-state index in [0.29, 0.717) is 12.4 Å². The molecule has 1 heterocycles. The van der Waals surface area contributed by atoms with Crippen molar-refractivity contribution < 1.29 is 4.42 Å². The molecule has 3 nitrogen and oxygen atoms in total. The molecule has 0 saturated carbocycles. The Hall–Kier alpha value is -3.50. The molecule has 0 aliphatic carbocycles. The maximum atomic E-state index is 6.05. The Morgan fingerprint density at radius 2 is 1.58 bits per heavy atom. The van der Waals surface area contributed by atoms with Crippen LogP contribution in [0.4, 0.5) is 0 Å². The maximum Gasteiger partial charge on any atom is 0.154 e. The second-order valence-electron chi connectivity index (χ2n) is 7.21. The van der Waals surface area contributed by atoms with Crippen molar-refractivity contribution in [3.63, 3.8) is 0 Å². The molecule has 0 saturated heterocycles. The van der Waals surface area contributed by atoms with Gasteiger partial charge in [-0.05, 0) is 35.4 Å². The number of nitrogens with zero attached hydrogens (tertiary/aromatic N) is 2. The summed E-state index contributed by atoms with van der Waals surface area (Å²) >= 11 is 3.57. The first-order valence-corrected chi connectivity index (χ1v) is 10.9. The molecule has 4 aromatic carbocycles. The normalized spacial score (nSPS) is 12.2. The van der Waals surface area contributed by atoms with E-state index in [1.165, 1.54) is 0 Å². The highest BCUT2D eigenvalue weighted by Gasteiger charge is 2.11. The lowest BCUT2D eigenvalue weighted by Gasteiger charge is -2.04. The number of furan rings is 1. The number of benzene rings is 4. The van der Waals surface area contributed by atoms with Gasteiger partial charge < -0.3 is 4.42 Å². The van der Waals surface area contributed by atoms with E-state index in [-0.39, 0.29) is 0 Å². The zero-order chi connectivity index (χ0) is 21.0. The van der Waals surface area contributed by atoms with Crippen LogP contribution in [-0.4, -0.2) is 12.1 Å². The van der Waals surface area contributed by atoms with E-state index in [1.54, 1.807) is 0 Å². The van der Waals surface area contributed by atoms with Crippen molar-refractivity contribution in [2.24, 2.45) is 9.98 Å². The number of halogens is 1. The van der Waals surface area contributed by atoms with E-state index in [2.05, 4.69) is 28.1 Å². The van der Waals surface area contributed by atoms with Gasteiger partial charge in [-0.25, -0.2) is 4.99 Å². The highest BCUT2D eigenvalue weighted by atomic mass is 79.9. The number of hydrogen-bond acceptors (Lipinski definition) is 2. The summed E-state index contributed by atoms with van der Waals surface area (Å²) in [5.74, 6) is 0.704. The lowest BCUT2D eigenvalue weighted by Crippen LogP contribution is -1.99. The van der Waals surface area contributed by atoms with E-state index < -0.39 is 0 Å². The van der Waals surface area contributed by atoms with Crippen molar-refractivity contribution in [3.05, 3.63) is 118 Å². The first-order chi connectivity index (χ1) is 15.3. The van der Waals surface area contributed by atoms with Gasteiger partial charge in [-0.3, -0.25) is 4.99 Å². The van der Waals surface area contributed by atoms with Gasteiger partial charge in [0.1, 0.15) is 11.2 Å². The smallest absolute Gasteiger partial charge is 0.154 e. The lowest BCUT2D eigenvalue weighted by molar-refractivity contribution is 0.668. The molecule has 0 amide bonds. The number of aliphatic imine (C=N–C) groups is 2. The quantitative estimate of drug-likeness (QED) is 0.200. The van der Waals surface area contributed by atoms with Gasteiger partial charge in [0.25, 0.3) is 0 Å². The molecular formula is C27H19BrN2O. The van der Waals surface area contributed by atoms with E-state index >= 15 is 0 Å². The van der Waals surface area contributed by atoms with Crippen LogP contribution in [0.1, 0.15) is 16.7 Å².